The van der Waals surface area contributed by atoms with Crippen molar-refractivity contribution in [1.82, 2.24) is 8.75 Å². The second kappa shape index (κ2) is 11.1. The Morgan fingerprint density at radius 3 is 1.31 bits per heavy atom. The van der Waals surface area contributed by atoms with Gasteiger partial charge in [-0.1, -0.05) is 63.1 Å². The van der Waals surface area contributed by atoms with E-state index in [1.807, 2.05) is 48.5 Å². The van der Waals surface area contributed by atoms with Gasteiger partial charge in [-0.15, -0.1) is 22.7 Å². The number of hydrogen-bond acceptors (Lipinski definition) is 5. The van der Waals surface area contributed by atoms with Gasteiger partial charge in [0.05, 0.1) is 11.7 Å². The van der Waals surface area contributed by atoms with Gasteiger partial charge in [0, 0.05) is 41.8 Å². The SMILES string of the molecule is CCCc1ccc(-c2ccc(-c3ccc(-c4ccc(-c5ccc(CCC)cc5F)s4)c4nsnc34)s2)c(F)c1. The number of fused-ring (bicyclic) bond motifs is 1. The average molecular weight is 573 g/mol. The summed E-state index contributed by atoms with van der Waals surface area (Å²) in [7, 11) is 0. The number of halogens is 2. The Balaban J connectivity index is 1.33. The van der Waals surface area contributed by atoms with E-state index in [9.17, 15) is 8.78 Å². The van der Waals surface area contributed by atoms with E-state index in [0.717, 1.165) is 78.5 Å². The summed E-state index contributed by atoms with van der Waals surface area (Å²) in [5, 5.41) is 0. The fourth-order valence-corrected chi connectivity index (χ4v) is 7.62. The molecule has 0 fully saturated rings. The maximum atomic E-state index is 14.9. The van der Waals surface area contributed by atoms with Crippen LogP contribution in [0.4, 0.5) is 8.78 Å². The molecule has 0 aliphatic carbocycles. The number of aryl methyl sites for hydroxylation is 2. The fourth-order valence-electron chi connectivity index (χ4n) is 4.92. The van der Waals surface area contributed by atoms with Crippen molar-refractivity contribution in [2.45, 2.75) is 39.5 Å². The molecule has 0 radical (unpaired) electrons. The molecule has 0 amide bonds. The zero-order valence-corrected chi connectivity index (χ0v) is 24.1. The summed E-state index contributed by atoms with van der Waals surface area (Å²) in [6.07, 6.45) is 3.73. The second-order valence-corrected chi connectivity index (χ2v) is 12.3. The van der Waals surface area contributed by atoms with Gasteiger partial charge in [-0.2, -0.15) is 8.75 Å². The van der Waals surface area contributed by atoms with Crippen LogP contribution >= 0.6 is 34.4 Å². The van der Waals surface area contributed by atoms with Crippen LogP contribution in [0.1, 0.15) is 37.8 Å². The maximum Gasteiger partial charge on any atom is 0.132 e. The van der Waals surface area contributed by atoms with Crippen molar-refractivity contribution in [1.29, 1.82) is 0 Å². The molecule has 0 saturated heterocycles. The lowest BCUT2D eigenvalue weighted by Gasteiger charge is -2.05. The van der Waals surface area contributed by atoms with Crippen molar-refractivity contribution in [3.8, 4) is 41.8 Å². The average Bonchev–Trinajstić information content (AvgIpc) is 3.70. The van der Waals surface area contributed by atoms with Crippen molar-refractivity contribution < 1.29 is 8.78 Å². The standard InChI is InChI=1S/C32H26F2N2S3/c1-3-5-19-7-9-21(25(33)17-19)27-13-15-29(37-27)23-11-12-24(32-31(23)35-39-36-32)30-16-14-28(38-30)22-10-8-20(6-4-2)18-26(22)34/h7-18H,3-6H2,1-2H3. The topological polar surface area (TPSA) is 25.8 Å². The van der Waals surface area contributed by atoms with E-state index >= 15 is 0 Å². The molecule has 39 heavy (non-hydrogen) atoms. The van der Waals surface area contributed by atoms with Gasteiger partial charge in [-0.3, -0.25) is 0 Å². The van der Waals surface area contributed by atoms with Crippen molar-refractivity contribution in [3.05, 3.63) is 95.6 Å². The zero-order chi connectivity index (χ0) is 26.9. The molecule has 0 unspecified atom stereocenters. The molecule has 0 aliphatic rings. The molecule has 6 aromatic rings. The number of aromatic nitrogens is 2. The Kier molecular flexibility index (Phi) is 7.38. The van der Waals surface area contributed by atoms with Crippen molar-refractivity contribution in [2.75, 3.05) is 0 Å². The lowest BCUT2D eigenvalue weighted by Crippen LogP contribution is -1.87. The molecule has 6 rings (SSSR count). The lowest BCUT2D eigenvalue weighted by molar-refractivity contribution is 0.628. The van der Waals surface area contributed by atoms with Crippen LogP contribution in [0.2, 0.25) is 0 Å². The summed E-state index contributed by atoms with van der Waals surface area (Å²) in [5.74, 6) is -0.370. The minimum Gasteiger partial charge on any atom is -0.206 e. The summed E-state index contributed by atoms with van der Waals surface area (Å²) in [4.78, 5) is 3.82. The zero-order valence-electron chi connectivity index (χ0n) is 21.6. The largest absolute Gasteiger partial charge is 0.206 e. The van der Waals surface area contributed by atoms with Crippen LogP contribution in [0.25, 0.3) is 52.8 Å². The molecular weight excluding hydrogens is 547 g/mol. The van der Waals surface area contributed by atoms with E-state index in [2.05, 4.69) is 34.7 Å². The first-order valence-electron chi connectivity index (χ1n) is 13.1. The van der Waals surface area contributed by atoms with Crippen LogP contribution < -0.4 is 0 Å². The third kappa shape index (κ3) is 5.07. The van der Waals surface area contributed by atoms with Crippen LogP contribution in [-0.2, 0) is 12.8 Å². The molecule has 3 aromatic carbocycles. The van der Waals surface area contributed by atoms with Crippen LogP contribution in [-0.4, -0.2) is 8.75 Å². The highest BCUT2D eigenvalue weighted by atomic mass is 32.1. The van der Waals surface area contributed by atoms with E-state index in [-0.39, 0.29) is 11.6 Å². The Labute approximate surface area is 239 Å². The third-order valence-electron chi connectivity index (χ3n) is 6.83. The van der Waals surface area contributed by atoms with E-state index in [0.29, 0.717) is 11.1 Å². The normalized spacial score (nSPS) is 11.5. The van der Waals surface area contributed by atoms with Crippen LogP contribution in [0.5, 0.6) is 0 Å². The van der Waals surface area contributed by atoms with Crippen LogP contribution in [0.3, 0.4) is 0 Å². The first kappa shape index (κ1) is 26.0. The van der Waals surface area contributed by atoms with Crippen LogP contribution in [0.15, 0.2) is 72.8 Å². The number of benzene rings is 3. The van der Waals surface area contributed by atoms with Gasteiger partial charge in [0.15, 0.2) is 0 Å². The second-order valence-electron chi connectivity index (χ2n) is 9.58. The molecule has 0 spiro atoms. The molecule has 0 N–H and O–H groups in total. The molecule has 3 aromatic heterocycles. The first-order chi connectivity index (χ1) is 19.1. The van der Waals surface area contributed by atoms with Crippen LogP contribution in [0, 0.1) is 11.6 Å². The molecule has 0 bridgehead atoms. The van der Waals surface area contributed by atoms with Gasteiger partial charge in [0.2, 0.25) is 0 Å². The number of rotatable bonds is 8. The Morgan fingerprint density at radius 1 is 0.538 bits per heavy atom. The van der Waals surface area contributed by atoms with Crippen molar-refractivity contribution in [2.24, 2.45) is 0 Å². The number of thiophene rings is 2. The van der Waals surface area contributed by atoms with Gasteiger partial charge in [0.25, 0.3) is 0 Å². The summed E-state index contributed by atoms with van der Waals surface area (Å²) < 4.78 is 39.0. The minimum atomic E-state index is -0.185. The Bertz CT molecular complexity index is 1650. The van der Waals surface area contributed by atoms with Gasteiger partial charge < -0.3 is 0 Å². The van der Waals surface area contributed by atoms with E-state index in [4.69, 9.17) is 0 Å². The highest BCUT2D eigenvalue weighted by Gasteiger charge is 2.18. The lowest BCUT2D eigenvalue weighted by atomic mass is 10.0. The predicted molar refractivity (Wildman–Crippen MR) is 163 cm³/mol. The molecule has 7 heteroatoms. The monoisotopic (exact) mass is 572 g/mol. The molecule has 0 saturated carbocycles. The quantitative estimate of drug-likeness (QED) is 0.181. The Morgan fingerprint density at radius 2 is 0.923 bits per heavy atom. The summed E-state index contributed by atoms with van der Waals surface area (Å²) in [6, 6.07) is 23.2. The molecule has 196 valence electrons. The highest BCUT2D eigenvalue weighted by Crippen LogP contribution is 2.43. The number of nitrogens with zero attached hydrogens (tertiary/aromatic N) is 2. The molecular formula is C32H26F2N2S3. The first-order valence-corrected chi connectivity index (χ1v) is 15.4. The van der Waals surface area contributed by atoms with E-state index in [1.54, 1.807) is 34.8 Å². The molecule has 2 nitrogen and oxygen atoms in total. The summed E-state index contributed by atoms with van der Waals surface area (Å²) >= 11 is 4.30. The highest BCUT2D eigenvalue weighted by molar-refractivity contribution is 7.19. The maximum absolute atomic E-state index is 14.9. The fraction of sp³-hybridized carbons (Fsp3) is 0.188. The summed E-state index contributed by atoms with van der Waals surface area (Å²) in [6.45, 7) is 4.19. The van der Waals surface area contributed by atoms with Gasteiger partial charge in [-0.25, -0.2) is 8.78 Å². The number of hydrogen-bond donors (Lipinski definition) is 0. The molecule has 0 atom stereocenters. The van der Waals surface area contributed by atoms with E-state index in [1.165, 1.54) is 11.7 Å². The van der Waals surface area contributed by atoms with Gasteiger partial charge in [-0.05, 0) is 60.4 Å². The predicted octanol–water partition coefficient (Wildman–Crippen LogP) is 10.7. The van der Waals surface area contributed by atoms with Gasteiger partial charge >= 0.3 is 0 Å². The van der Waals surface area contributed by atoms with E-state index < -0.39 is 0 Å². The third-order valence-corrected chi connectivity index (χ3v) is 9.67. The Hall–Kier alpha value is -3.26. The molecule has 0 aliphatic heterocycles. The summed E-state index contributed by atoms with van der Waals surface area (Å²) in [5.41, 5.74) is 6.91. The van der Waals surface area contributed by atoms with Gasteiger partial charge in [0.1, 0.15) is 22.7 Å². The van der Waals surface area contributed by atoms with Crippen molar-refractivity contribution >= 4 is 45.4 Å². The molecule has 3 heterocycles. The van der Waals surface area contributed by atoms with Crippen molar-refractivity contribution in [3.63, 3.8) is 0 Å². The smallest absolute Gasteiger partial charge is 0.132 e. The minimum absolute atomic E-state index is 0.185.